The van der Waals surface area contributed by atoms with Crippen LogP contribution in [0.15, 0.2) is 6.33 Å². The first-order valence-electron chi connectivity index (χ1n) is 9.50. The topological polar surface area (TPSA) is 94.4 Å². The largest absolute Gasteiger partial charge is 0.393 e. The fraction of sp³-hybridized carbons (Fsp3) is 0.778. The highest BCUT2D eigenvalue weighted by molar-refractivity contribution is 5.74. The summed E-state index contributed by atoms with van der Waals surface area (Å²) in [6.45, 7) is 12.9. The molecule has 0 saturated carbocycles. The van der Waals surface area contributed by atoms with Gasteiger partial charge in [-0.1, -0.05) is 0 Å². The van der Waals surface area contributed by atoms with Crippen LogP contribution < -0.4 is 21.8 Å². The van der Waals surface area contributed by atoms with Gasteiger partial charge in [-0.15, -0.1) is 0 Å². The standard InChI is InChI=1S/C18H34N8/c1-17(2)10-13(11-18(3,4)24-17)22-15-14(19)16(21-12-20-15)23-26-8-6-25(5)7-9-26/h12-13,24H,6-11,19H2,1-5H3,(H2,20,21,22,23). The Labute approximate surface area is 156 Å². The molecule has 2 aliphatic heterocycles. The molecular weight excluding hydrogens is 328 g/mol. The number of hydrazine groups is 1. The Morgan fingerprint density at radius 2 is 1.62 bits per heavy atom. The lowest BCUT2D eigenvalue weighted by atomic mass is 9.79. The van der Waals surface area contributed by atoms with Gasteiger partial charge in [0, 0.05) is 43.3 Å². The maximum Gasteiger partial charge on any atom is 0.169 e. The van der Waals surface area contributed by atoms with Crippen molar-refractivity contribution in [2.45, 2.75) is 57.7 Å². The Balaban J connectivity index is 1.69. The number of nitrogens with one attached hydrogen (secondary N) is 3. The molecule has 5 N–H and O–H groups in total. The van der Waals surface area contributed by atoms with Crippen LogP contribution in [0.2, 0.25) is 0 Å². The van der Waals surface area contributed by atoms with Crippen LogP contribution in [0.5, 0.6) is 0 Å². The van der Waals surface area contributed by atoms with Crippen molar-refractivity contribution in [3.8, 4) is 0 Å². The predicted molar refractivity (Wildman–Crippen MR) is 107 cm³/mol. The Kier molecular flexibility index (Phi) is 5.28. The first-order chi connectivity index (χ1) is 12.1. The molecule has 1 aromatic rings. The van der Waals surface area contributed by atoms with E-state index >= 15 is 0 Å². The summed E-state index contributed by atoms with van der Waals surface area (Å²) in [6, 6.07) is 0.315. The number of aromatic nitrogens is 2. The van der Waals surface area contributed by atoms with Gasteiger partial charge in [-0.3, -0.25) is 0 Å². The van der Waals surface area contributed by atoms with E-state index in [1.54, 1.807) is 6.33 Å². The molecule has 0 radical (unpaired) electrons. The van der Waals surface area contributed by atoms with Crippen molar-refractivity contribution < 1.29 is 0 Å². The molecule has 0 amide bonds. The van der Waals surface area contributed by atoms with Crippen LogP contribution in [0.4, 0.5) is 17.3 Å². The maximum atomic E-state index is 6.38. The zero-order valence-electron chi connectivity index (χ0n) is 16.8. The monoisotopic (exact) mass is 362 g/mol. The van der Waals surface area contributed by atoms with Crippen molar-refractivity contribution in [3.05, 3.63) is 6.33 Å². The quantitative estimate of drug-likeness (QED) is 0.638. The summed E-state index contributed by atoms with van der Waals surface area (Å²) in [5.74, 6) is 1.40. The molecule has 0 aliphatic carbocycles. The van der Waals surface area contributed by atoms with Gasteiger partial charge < -0.3 is 26.7 Å². The van der Waals surface area contributed by atoms with Crippen LogP contribution in [-0.4, -0.2) is 70.2 Å². The van der Waals surface area contributed by atoms with Crippen molar-refractivity contribution in [3.63, 3.8) is 0 Å². The summed E-state index contributed by atoms with van der Waals surface area (Å²) < 4.78 is 0. The zero-order valence-corrected chi connectivity index (χ0v) is 16.8. The number of likely N-dealkylation sites (N-methyl/N-ethyl adjacent to an activating group) is 1. The highest BCUT2D eigenvalue weighted by atomic mass is 15.5. The van der Waals surface area contributed by atoms with E-state index in [9.17, 15) is 0 Å². The van der Waals surface area contributed by atoms with Gasteiger partial charge in [0.2, 0.25) is 0 Å². The molecule has 0 bridgehead atoms. The van der Waals surface area contributed by atoms with E-state index in [4.69, 9.17) is 5.73 Å². The van der Waals surface area contributed by atoms with Gasteiger partial charge in [-0.25, -0.2) is 15.0 Å². The maximum absolute atomic E-state index is 6.38. The van der Waals surface area contributed by atoms with E-state index in [2.05, 4.69) is 70.7 Å². The van der Waals surface area contributed by atoms with E-state index in [0.717, 1.165) is 44.8 Å². The van der Waals surface area contributed by atoms with Crippen LogP contribution in [-0.2, 0) is 0 Å². The minimum Gasteiger partial charge on any atom is -0.393 e. The molecule has 0 aromatic carbocycles. The van der Waals surface area contributed by atoms with E-state index in [1.807, 2.05) is 0 Å². The summed E-state index contributed by atoms with van der Waals surface area (Å²) in [5.41, 5.74) is 10.5. The van der Waals surface area contributed by atoms with Crippen molar-refractivity contribution >= 4 is 17.3 Å². The second-order valence-corrected chi connectivity index (χ2v) is 9.03. The highest BCUT2D eigenvalue weighted by Gasteiger charge is 2.38. The van der Waals surface area contributed by atoms with Crippen molar-refractivity contribution in [2.24, 2.45) is 0 Å². The highest BCUT2D eigenvalue weighted by Crippen LogP contribution is 2.32. The average molecular weight is 363 g/mol. The number of anilines is 3. The van der Waals surface area contributed by atoms with Crippen LogP contribution in [0, 0.1) is 0 Å². The van der Waals surface area contributed by atoms with E-state index in [1.165, 1.54) is 0 Å². The predicted octanol–water partition coefficient (Wildman–Crippen LogP) is 1.35. The lowest BCUT2D eigenvalue weighted by molar-refractivity contribution is 0.170. The third-order valence-electron chi connectivity index (χ3n) is 5.18. The van der Waals surface area contributed by atoms with Crippen molar-refractivity contribution in [1.29, 1.82) is 0 Å². The molecule has 0 unspecified atom stereocenters. The summed E-state index contributed by atoms with van der Waals surface area (Å²) in [6.07, 6.45) is 3.61. The van der Waals surface area contributed by atoms with Crippen LogP contribution in [0.1, 0.15) is 40.5 Å². The zero-order chi connectivity index (χ0) is 18.9. The molecule has 3 rings (SSSR count). The SMILES string of the molecule is CN1CCN(Nc2ncnc(NC3CC(C)(C)NC(C)(C)C3)c2N)CC1. The van der Waals surface area contributed by atoms with E-state index in [0.29, 0.717) is 17.5 Å². The number of hydrogen-bond acceptors (Lipinski definition) is 8. The second kappa shape index (κ2) is 7.17. The minimum atomic E-state index is 0.0715. The van der Waals surface area contributed by atoms with Gasteiger partial charge in [0.15, 0.2) is 11.6 Å². The van der Waals surface area contributed by atoms with Crippen LogP contribution >= 0.6 is 0 Å². The van der Waals surface area contributed by atoms with Gasteiger partial charge in [-0.2, -0.15) is 0 Å². The Morgan fingerprint density at radius 1 is 1.04 bits per heavy atom. The number of hydrogen-bond donors (Lipinski definition) is 4. The van der Waals surface area contributed by atoms with Crippen LogP contribution in [0.25, 0.3) is 0 Å². The molecule has 146 valence electrons. The van der Waals surface area contributed by atoms with Crippen molar-refractivity contribution in [1.82, 2.24) is 25.2 Å². The second-order valence-electron chi connectivity index (χ2n) is 9.03. The summed E-state index contributed by atoms with van der Waals surface area (Å²) in [7, 11) is 2.14. The number of nitrogens with zero attached hydrogens (tertiary/aromatic N) is 4. The molecule has 8 heteroatoms. The van der Waals surface area contributed by atoms with E-state index in [-0.39, 0.29) is 11.1 Å². The molecule has 0 spiro atoms. The third-order valence-corrected chi connectivity index (χ3v) is 5.18. The summed E-state index contributed by atoms with van der Waals surface area (Å²) >= 11 is 0. The summed E-state index contributed by atoms with van der Waals surface area (Å²) in [4.78, 5) is 11.1. The minimum absolute atomic E-state index is 0.0715. The lowest BCUT2D eigenvalue weighted by Gasteiger charge is -2.46. The third kappa shape index (κ3) is 4.75. The smallest absolute Gasteiger partial charge is 0.169 e. The molecule has 8 nitrogen and oxygen atoms in total. The average Bonchev–Trinajstić information content (AvgIpc) is 2.50. The number of nitrogens with two attached hydrogens (primary N) is 1. The van der Waals surface area contributed by atoms with Gasteiger partial charge in [-0.05, 0) is 47.6 Å². The van der Waals surface area contributed by atoms with Crippen molar-refractivity contribution in [2.75, 3.05) is 49.7 Å². The molecule has 0 atom stereocenters. The van der Waals surface area contributed by atoms with Crippen LogP contribution in [0.3, 0.4) is 0 Å². The normalized spacial score (nSPS) is 24.3. The molecule has 2 fully saturated rings. The van der Waals surface area contributed by atoms with Gasteiger partial charge in [0.1, 0.15) is 12.0 Å². The van der Waals surface area contributed by atoms with Gasteiger partial charge in [0.25, 0.3) is 0 Å². The molecule has 2 saturated heterocycles. The molecular formula is C18H34N8. The first kappa shape index (κ1) is 19.1. The number of piperazine rings is 1. The van der Waals surface area contributed by atoms with Gasteiger partial charge >= 0.3 is 0 Å². The fourth-order valence-electron chi connectivity index (χ4n) is 4.29. The molecule has 2 aliphatic rings. The lowest BCUT2D eigenvalue weighted by Crippen LogP contribution is -2.60. The van der Waals surface area contributed by atoms with E-state index < -0.39 is 0 Å². The fourth-order valence-corrected chi connectivity index (χ4v) is 4.29. The summed E-state index contributed by atoms with van der Waals surface area (Å²) in [5, 5.41) is 9.43. The number of nitrogen functional groups attached to an aromatic ring is 1. The first-order valence-corrected chi connectivity index (χ1v) is 9.50. The molecule has 1 aromatic heterocycles. The Hall–Kier alpha value is -1.64. The van der Waals surface area contributed by atoms with Gasteiger partial charge in [0.05, 0.1) is 0 Å². The Bertz CT molecular complexity index is 606. The molecule has 26 heavy (non-hydrogen) atoms. The molecule has 3 heterocycles. The Morgan fingerprint density at radius 3 is 2.23 bits per heavy atom. The number of rotatable bonds is 4. The number of piperidine rings is 1.